The summed E-state index contributed by atoms with van der Waals surface area (Å²) in [7, 11) is 1.72. The van der Waals surface area contributed by atoms with Gasteiger partial charge in [-0.2, -0.15) is 0 Å². The second kappa shape index (κ2) is 8.18. The summed E-state index contributed by atoms with van der Waals surface area (Å²) >= 11 is 0. The van der Waals surface area contributed by atoms with E-state index >= 15 is 0 Å². The van der Waals surface area contributed by atoms with Crippen molar-refractivity contribution in [1.82, 2.24) is 5.32 Å². The number of esters is 1. The summed E-state index contributed by atoms with van der Waals surface area (Å²) in [5.74, 6) is 0.859. The number of methoxy groups -OCH3 is 1. The number of hydrogen-bond donors (Lipinski definition) is 1. The molecule has 1 aliphatic rings. The van der Waals surface area contributed by atoms with E-state index < -0.39 is 0 Å². The third kappa shape index (κ3) is 4.23. The van der Waals surface area contributed by atoms with Gasteiger partial charge in [0.1, 0.15) is 5.75 Å². The normalized spacial score (nSPS) is 18.4. The van der Waals surface area contributed by atoms with Crippen LogP contribution in [0.25, 0.3) is 0 Å². The molecule has 2 unspecified atom stereocenters. The molecule has 0 saturated carbocycles. The Morgan fingerprint density at radius 1 is 1.41 bits per heavy atom. The van der Waals surface area contributed by atoms with Gasteiger partial charge < -0.3 is 14.8 Å². The molecule has 0 saturated heterocycles. The summed E-state index contributed by atoms with van der Waals surface area (Å²) in [4.78, 5) is 11.7. The first-order chi connectivity index (χ1) is 10.7. The van der Waals surface area contributed by atoms with E-state index in [1.165, 1.54) is 11.1 Å². The fourth-order valence-electron chi connectivity index (χ4n) is 3.16. The minimum atomic E-state index is -0.115. The number of hydrogen-bond acceptors (Lipinski definition) is 4. The van der Waals surface area contributed by atoms with Crippen LogP contribution in [0.15, 0.2) is 18.2 Å². The molecule has 122 valence electrons. The highest BCUT2D eigenvalue weighted by molar-refractivity contribution is 5.70. The maximum Gasteiger partial charge on any atom is 0.307 e. The Morgan fingerprint density at radius 2 is 2.23 bits per heavy atom. The van der Waals surface area contributed by atoms with Crippen LogP contribution in [0, 0.1) is 0 Å². The second-order valence-corrected chi connectivity index (χ2v) is 5.82. The van der Waals surface area contributed by atoms with Crippen molar-refractivity contribution in [2.45, 2.75) is 58.0 Å². The fourth-order valence-corrected chi connectivity index (χ4v) is 3.16. The Balaban J connectivity index is 1.98. The standard InChI is InChI=1S/C18H27NO3/c1-4-14(12-18(20)22-5-2)19-15-10-9-13-7-6-8-17(21-3)16(13)11-15/h6-8,14-15,19H,4-5,9-12H2,1-3H3. The summed E-state index contributed by atoms with van der Waals surface area (Å²) < 4.78 is 10.5. The SMILES string of the molecule is CCOC(=O)CC(CC)NC1CCc2cccc(OC)c2C1. The highest BCUT2D eigenvalue weighted by atomic mass is 16.5. The molecule has 0 aliphatic heterocycles. The molecule has 4 heteroatoms. The minimum absolute atomic E-state index is 0.115. The number of fused-ring (bicyclic) bond motifs is 1. The molecule has 0 heterocycles. The van der Waals surface area contributed by atoms with Gasteiger partial charge in [-0.1, -0.05) is 19.1 Å². The Labute approximate surface area is 133 Å². The van der Waals surface area contributed by atoms with E-state index in [4.69, 9.17) is 9.47 Å². The van der Waals surface area contributed by atoms with E-state index in [-0.39, 0.29) is 12.0 Å². The zero-order valence-corrected chi connectivity index (χ0v) is 13.9. The highest BCUT2D eigenvalue weighted by Crippen LogP contribution is 2.29. The van der Waals surface area contributed by atoms with E-state index in [1.807, 2.05) is 13.0 Å². The Bertz CT molecular complexity index is 487. The molecule has 4 nitrogen and oxygen atoms in total. The number of carbonyl (C=O) groups excluding carboxylic acids is 1. The maximum atomic E-state index is 11.7. The number of carbonyl (C=O) groups is 1. The third-order valence-electron chi connectivity index (χ3n) is 4.35. The molecular formula is C18H27NO3. The van der Waals surface area contributed by atoms with Crippen molar-refractivity contribution in [3.05, 3.63) is 29.3 Å². The average Bonchev–Trinajstić information content (AvgIpc) is 2.53. The van der Waals surface area contributed by atoms with Crippen LogP contribution in [-0.2, 0) is 22.4 Å². The van der Waals surface area contributed by atoms with Gasteiger partial charge in [-0.15, -0.1) is 0 Å². The lowest BCUT2D eigenvalue weighted by molar-refractivity contribution is -0.143. The van der Waals surface area contributed by atoms with Crippen molar-refractivity contribution in [3.8, 4) is 5.75 Å². The molecular weight excluding hydrogens is 278 g/mol. The predicted molar refractivity (Wildman–Crippen MR) is 87.3 cm³/mol. The monoisotopic (exact) mass is 305 g/mol. The van der Waals surface area contributed by atoms with Gasteiger partial charge in [0.05, 0.1) is 20.1 Å². The third-order valence-corrected chi connectivity index (χ3v) is 4.35. The van der Waals surface area contributed by atoms with Crippen molar-refractivity contribution in [1.29, 1.82) is 0 Å². The largest absolute Gasteiger partial charge is 0.496 e. The summed E-state index contributed by atoms with van der Waals surface area (Å²) in [5.41, 5.74) is 2.69. The summed E-state index contributed by atoms with van der Waals surface area (Å²) in [6, 6.07) is 6.84. The Kier molecular flexibility index (Phi) is 6.25. The lowest BCUT2D eigenvalue weighted by Crippen LogP contribution is -2.42. The van der Waals surface area contributed by atoms with Crippen molar-refractivity contribution in [2.75, 3.05) is 13.7 Å². The molecule has 0 spiro atoms. The molecule has 0 aromatic heterocycles. The molecule has 1 aromatic carbocycles. The lowest BCUT2D eigenvalue weighted by Gasteiger charge is -2.30. The predicted octanol–water partition coefficient (Wildman–Crippen LogP) is 2.87. The van der Waals surface area contributed by atoms with Gasteiger partial charge in [0.15, 0.2) is 0 Å². The van der Waals surface area contributed by atoms with Crippen LogP contribution >= 0.6 is 0 Å². The van der Waals surface area contributed by atoms with Crippen molar-refractivity contribution < 1.29 is 14.3 Å². The van der Waals surface area contributed by atoms with Crippen LogP contribution < -0.4 is 10.1 Å². The van der Waals surface area contributed by atoms with E-state index in [2.05, 4.69) is 24.4 Å². The molecule has 0 fully saturated rings. The summed E-state index contributed by atoms with van der Waals surface area (Å²) in [6.45, 7) is 4.40. The fraction of sp³-hybridized carbons (Fsp3) is 0.611. The zero-order chi connectivity index (χ0) is 15.9. The zero-order valence-electron chi connectivity index (χ0n) is 13.9. The van der Waals surface area contributed by atoms with Gasteiger partial charge in [0.2, 0.25) is 0 Å². The smallest absolute Gasteiger partial charge is 0.307 e. The molecule has 2 rings (SSSR count). The first-order valence-corrected chi connectivity index (χ1v) is 8.24. The molecule has 1 aromatic rings. The maximum absolute atomic E-state index is 11.7. The van der Waals surface area contributed by atoms with Crippen LogP contribution in [0.4, 0.5) is 0 Å². The van der Waals surface area contributed by atoms with Crippen molar-refractivity contribution in [2.24, 2.45) is 0 Å². The minimum Gasteiger partial charge on any atom is -0.496 e. The quantitative estimate of drug-likeness (QED) is 0.787. The first-order valence-electron chi connectivity index (χ1n) is 8.24. The molecule has 1 N–H and O–H groups in total. The van der Waals surface area contributed by atoms with Gasteiger partial charge in [-0.25, -0.2) is 0 Å². The number of ether oxygens (including phenoxy) is 2. The number of benzene rings is 1. The molecule has 0 radical (unpaired) electrons. The van der Waals surface area contributed by atoms with Crippen molar-refractivity contribution >= 4 is 5.97 Å². The van der Waals surface area contributed by atoms with Crippen LogP contribution in [0.1, 0.15) is 44.2 Å². The van der Waals surface area contributed by atoms with Crippen LogP contribution in [0.2, 0.25) is 0 Å². The molecule has 0 amide bonds. The van der Waals surface area contributed by atoms with E-state index in [0.29, 0.717) is 19.1 Å². The van der Waals surface area contributed by atoms with Gasteiger partial charge in [-0.3, -0.25) is 4.79 Å². The van der Waals surface area contributed by atoms with Gasteiger partial charge >= 0.3 is 5.97 Å². The van der Waals surface area contributed by atoms with E-state index in [9.17, 15) is 4.79 Å². The highest BCUT2D eigenvalue weighted by Gasteiger charge is 2.24. The number of aryl methyl sites for hydroxylation is 1. The van der Waals surface area contributed by atoms with E-state index in [0.717, 1.165) is 31.4 Å². The van der Waals surface area contributed by atoms with Crippen LogP contribution in [0.5, 0.6) is 5.75 Å². The summed E-state index contributed by atoms with van der Waals surface area (Å²) in [6.07, 6.45) is 4.48. The topological polar surface area (TPSA) is 47.6 Å². The summed E-state index contributed by atoms with van der Waals surface area (Å²) in [5, 5.41) is 3.63. The Hall–Kier alpha value is -1.55. The molecule has 22 heavy (non-hydrogen) atoms. The van der Waals surface area contributed by atoms with Crippen LogP contribution in [0.3, 0.4) is 0 Å². The molecule has 1 aliphatic carbocycles. The second-order valence-electron chi connectivity index (χ2n) is 5.82. The van der Waals surface area contributed by atoms with Gasteiger partial charge in [-0.05, 0) is 49.8 Å². The molecule has 2 atom stereocenters. The lowest BCUT2D eigenvalue weighted by atomic mass is 9.87. The van der Waals surface area contributed by atoms with Crippen molar-refractivity contribution in [3.63, 3.8) is 0 Å². The first kappa shape index (κ1) is 16.8. The van der Waals surface area contributed by atoms with Gasteiger partial charge in [0.25, 0.3) is 0 Å². The van der Waals surface area contributed by atoms with Gasteiger partial charge in [0, 0.05) is 12.1 Å². The Morgan fingerprint density at radius 3 is 2.91 bits per heavy atom. The molecule has 0 bridgehead atoms. The van der Waals surface area contributed by atoms with E-state index in [1.54, 1.807) is 7.11 Å². The number of nitrogens with one attached hydrogen (secondary N) is 1. The number of rotatable bonds is 7. The average molecular weight is 305 g/mol. The van der Waals surface area contributed by atoms with Crippen LogP contribution in [-0.4, -0.2) is 31.8 Å².